The number of nitrogens with zero attached hydrogens (tertiary/aromatic N) is 6. The first-order chi connectivity index (χ1) is 22.3. The molecule has 0 aliphatic carbocycles. The highest BCUT2D eigenvalue weighted by atomic mass is 32.1. The van der Waals surface area contributed by atoms with Gasteiger partial charge in [-0.3, -0.25) is 10.2 Å². The number of para-hydroxylation sites is 6. The lowest BCUT2D eigenvalue weighted by molar-refractivity contribution is 0.620. The Balaban J connectivity index is 1.44. The van der Waals surface area contributed by atoms with Gasteiger partial charge in [-0.15, -0.1) is 16.4 Å². The van der Waals surface area contributed by atoms with E-state index in [0.717, 1.165) is 65.1 Å². The maximum absolute atomic E-state index is 6.45. The van der Waals surface area contributed by atoms with Crippen molar-refractivity contribution in [1.29, 1.82) is 0 Å². The summed E-state index contributed by atoms with van der Waals surface area (Å²) in [5.74, 6) is 1.07. The summed E-state index contributed by atoms with van der Waals surface area (Å²) in [4.78, 5) is 18.7. The van der Waals surface area contributed by atoms with E-state index in [1.165, 1.54) is 0 Å². The Morgan fingerprint density at radius 3 is 2.27 bits per heavy atom. The van der Waals surface area contributed by atoms with Crippen molar-refractivity contribution in [2.24, 2.45) is 0 Å². The van der Waals surface area contributed by atoms with Gasteiger partial charge in [-0.05, 0) is 42.5 Å². The minimum Gasteiger partial charge on any atom is -0.436 e. The van der Waals surface area contributed by atoms with Gasteiger partial charge in [-0.25, -0.2) is 15.0 Å². The first kappa shape index (κ1) is 24.3. The van der Waals surface area contributed by atoms with E-state index in [-0.39, 0.29) is 0 Å². The van der Waals surface area contributed by atoms with E-state index in [1.54, 1.807) is 11.3 Å². The molecule has 0 aliphatic rings. The Labute approximate surface area is 256 Å². The third-order valence-electron chi connectivity index (χ3n) is 8.13. The van der Waals surface area contributed by atoms with Crippen molar-refractivity contribution in [1.82, 2.24) is 45.5 Å². The molecule has 0 bridgehead atoms. The Kier molecular flexibility index (Phi) is 4.93. The molecule has 0 spiro atoms. The second kappa shape index (κ2) is 9.15. The normalized spacial score (nSPS) is 12.0. The Morgan fingerprint density at radius 2 is 1.40 bits per heavy atom. The number of nitrogens with one attached hydrogen (secondary N) is 3. The Morgan fingerprint density at radius 1 is 0.622 bits per heavy atom. The summed E-state index contributed by atoms with van der Waals surface area (Å²) in [5.41, 5.74) is 10.0. The number of aromatic amines is 3. The van der Waals surface area contributed by atoms with Crippen molar-refractivity contribution >= 4 is 65.6 Å². The van der Waals surface area contributed by atoms with Gasteiger partial charge in [0, 0.05) is 16.5 Å². The average molecular weight is 602 g/mol. The van der Waals surface area contributed by atoms with Crippen LogP contribution >= 0.6 is 11.3 Å². The van der Waals surface area contributed by atoms with Crippen LogP contribution in [-0.2, 0) is 0 Å². The van der Waals surface area contributed by atoms with Crippen LogP contribution in [0.4, 0.5) is 0 Å². The summed E-state index contributed by atoms with van der Waals surface area (Å²) in [6.45, 7) is 0. The predicted molar refractivity (Wildman–Crippen MR) is 176 cm³/mol. The van der Waals surface area contributed by atoms with Crippen LogP contribution in [0.2, 0.25) is 0 Å². The first-order valence-electron chi connectivity index (χ1n) is 14.3. The molecule has 5 aromatic carbocycles. The minimum atomic E-state index is 0.418. The van der Waals surface area contributed by atoms with Gasteiger partial charge < -0.3 is 9.40 Å². The number of hydrogen-bond acceptors (Lipinski definition) is 8. The van der Waals surface area contributed by atoms with Gasteiger partial charge in [0.25, 0.3) is 0 Å². The molecular weight excluding hydrogens is 583 g/mol. The van der Waals surface area contributed by atoms with E-state index in [9.17, 15) is 0 Å². The number of aromatic nitrogens is 9. The largest absolute Gasteiger partial charge is 0.436 e. The molecule has 0 saturated carbocycles. The molecule has 5 aromatic heterocycles. The number of thiazole rings is 1. The van der Waals surface area contributed by atoms with Crippen molar-refractivity contribution in [2.75, 3.05) is 0 Å². The Hall–Kier alpha value is -6.20. The molecule has 0 saturated heterocycles. The van der Waals surface area contributed by atoms with Crippen molar-refractivity contribution in [2.45, 2.75) is 0 Å². The standard InChI is InChI=1S/C34H19N9OS/c1-2-10-18-17(9-1)29(40-39-18)25-26(34-38-22-14-6-8-16-24(22)45-34)28(33-37-21-13-5-7-15-23(21)44-33)31-30(41-43-42-31)27(25)32-35-19-11-3-4-12-20(19)36-32/h1-16H,(H,35,36)(H,39,40)(H,41,42,43). The zero-order valence-corrected chi connectivity index (χ0v) is 24.1. The minimum absolute atomic E-state index is 0.418. The molecule has 10 rings (SSSR count). The number of H-pyrrole nitrogens is 3. The quantitative estimate of drug-likeness (QED) is 0.185. The molecule has 11 heteroatoms. The summed E-state index contributed by atoms with van der Waals surface area (Å²) in [6.07, 6.45) is 0. The van der Waals surface area contributed by atoms with E-state index in [1.807, 2.05) is 84.9 Å². The van der Waals surface area contributed by atoms with Crippen molar-refractivity contribution in [3.8, 4) is 44.7 Å². The highest BCUT2D eigenvalue weighted by Gasteiger charge is 2.32. The zero-order chi connectivity index (χ0) is 29.5. The molecule has 0 fully saturated rings. The number of fused-ring (bicyclic) bond motifs is 5. The van der Waals surface area contributed by atoms with Crippen LogP contribution in [0.25, 0.3) is 99.0 Å². The molecule has 0 amide bonds. The fraction of sp³-hybridized carbons (Fsp3) is 0. The summed E-state index contributed by atoms with van der Waals surface area (Å²) in [7, 11) is 0. The number of rotatable bonds is 4. The monoisotopic (exact) mass is 601 g/mol. The second-order valence-electron chi connectivity index (χ2n) is 10.7. The van der Waals surface area contributed by atoms with Gasteiger partial charge in [-0.2, -0.15) is 5.10 Å². The molecule has 5 heterocycles. The van der Waals surface area contributed by atoms with Crippen LogP contribution in [0.5, 0.6) is 0 Å². The summed E-state index contributed by atoms with van der Waals surface area (Å²) in [5, 5.41) is 22.0. The van der Waals surface area contributed by atoms with Crippen LogP contribution < -0.4 is 0 Å². The molecule has 0 atom stereocenters. The third kappa shape index (κ3) is 3.55. The average Bonchev–Trinajstić information content (AvgIpc) is 3.91. The van der Waals surface area contributed by atoms with Crippen LogP contribution in [0.3, 0.4) is 0 Å². The van der Waals surface area contributed by atoms with Gasteiger partial charge in [-0.1, -0.05) is 59.8 Å². The van der Waals surface area contributed by atoms with Crippen molar-refractivity contribution in [3.63, 3.8) is 0 Å². The Bertz CT molecular complexity index is 2650. The number of benzene rings is 5. The van der Waals surface area contributed by atoms with Gasteiger partial charge in [0.2, 0.25) is 5.89 Å². The maximum atomic E-state index is 6.45. The molecule has 10 nitrogen and oxygen atoms in total. The van der Waals surface area contributed by atoms with Gasteiger partial charge >= 0.3 is 0 Å². The lowest BCUT2D eigenvalue weighted by Gasteiger charge is -2.16. The molecule has 45 heavy (non-hydrogen) atoms. The van der Waals surface area contributed by atoms with Gasteiger partial charge in [0.1, 0.15) is 27.6 Å². The molecular formula is C34H19N9OS. The lowest BCUT2D eigenvalue weighted by Crippen LogP contribution is -1.98. The maximum Gasteiger partial charge on any atom is 0.230 e. The molecule has 10 aromatic rings. The highest BCUT2D eigenvalue weighted by Crippen LogP contribution is 2.51. The van der Waals surface area contributed by atoms with Gasteiger partial charge in [0.05, 0.1) is 43.4 Å². The van der Waals surface area contributed by atoms with Crippen LogP contribution in [0.15, 0.2) is 101 Å². The van der Waals surface area contributed by atoms with E-state index in [0.29, 0.717) is 33.9 Å². The van der Waals surface area contributed by atoms with Crippen LogP contribution in [0.1, 0.15) is 0 Å². The van der Waals surface area contributed by atoms with Crippen LogP contribution in [-0.4, -0.2) is 45.5 Å². The first-order valence-corrected chi connectivity index (χ1v) is 15.1. The fourth-order valence-electron chi connectivity index (χ4n) is 6.15. The second-order valence-corrected chi connectivity index (χ2v) is 11.8. The molecule has 0 unspecified atom stereocenters. The summed E-state index contributed by atoms with van der Waals surface area (Å²) in [6, 6.07) is 31.9. The molecule has 3 N–H and O–H groups in total. The lowest BCUT2D eigenvalue weighted by atomic mass is 9.90. The highest BCUT2D eigenvalue weighted by molar-refractivity contribution is 7.21. The SMILES string of the molecule is c1ccc2[nH]c(-c3c(-c4n[nH]c5ccccc45)c(-c4nc5ccccc5s4)c(-c4nc5ccccc5o4)c4nn[nH]c34)nc2c1. The zero-order valence-electron chi connectivity index (χ0n) is 23.2. The number of hydrogen-bond donors (Lipinski definition) is 3. The topological polar surface area (TPSA) is 138 Å². The summed E-state index contributed by atoms with van der Waals surface area (Å²) < 4.78 is 7.51. The number of imidazole rings is 1. The predicted octanol–water partition coefficient (Wildman–Crippen LogP) is 8.13. The van der Waals surface area contributed by atoms with Crippen molar-refractivity contribution < 1.29 is 4.42 Å². The van der Waals surface area contributed by atoms with E-state index in [4.69, 9.17) is 24.5 Å². The fourth-order valence-corrected chi connectivity index (χ4v) is 7.17. The number of oxazole rings is 1. The van der Waals surface area contributed by atoms with E-state index >= 15 is 0 Å². The molecule has 0 aliphatic heterocycles. The summed E-state index contributed by atoms with van der Waals surface area (Å²) >= 11 is 1.60. The molecule has 0 radical (unpaired) electrons. The van der Waals surface area contributed by atoms with Crippen molar-refractivity contribution in [3.05, 3.63) is 97.1 Å². The van der Waals surface area contributed by atoms with E-state index in [2.05, 4.69) is 37.6 Å². The van der Waals surface area contributed by atoms with Gasteiger partial charge in [0.15, 0.2) is 5.58 Å². The smallest absolute Gasteiger partial charge is 0.230 e. The van der Waals surface area contributed by atoms with Crippen LogP contribution in [0, 0.1) is 0 Å². The third-order valence-corrected chi connectivity index (χ3v) is 9.19. The molecule has 212 valence electrons. The van der Waals surface area contributed by atoms with E-state index < -0.39 is 0 Å².